The summed E-state index contributed by atoms with van der Waals surface area (Å²) in [6, 6.07) is 2.74. The van der Waals surface area contributed by atoms with E-state index in [0.29, 0.717) is 18.8 Å². The minimum Gasteiger partial charge on any atom is -0.371 e. The molecule has 1 atom stereocenters. The van der Waals surface area contributed by atoms with E-state index in [1.807, 2.05) is 0 Å². The first-order valence-corrected chi connectivity index (χ1v) is 7.28. The first-order valence-electron chi connectivity index (χ1n) is 7.28. The Morgan fingerprint density at radius 3 is 2.94 bits per heavy atom. The van der Waals surface area contributed by atoms with E-state index in [4.69, 9.17) is 4.74 Å². The molecule has 2 heterocycles. The summed E-state index contributed by atoms with van der Waals surface area (Å²) < 4.78 is 8.05. The van der Waals surface area contributed by atoms with Crippen molar-refractivity contribution >= 4 is 0 Å². The molecule has 18 heavy (non-hydrogen) atoms. The van der Waals surface area contributed by atoms with Crippen LogP contribution < -0.4 is 5.32 Å². The number of nitrogens with zero attached hydrogens (tertiary/aromatic N) is 2. The van der Waals surface area contributed by atoms with Gasteiger partial charge < -0.3 is 10.1 Å². The van der Waals surface area contributed by atoms with Gasteiger partial charge in [0.1, 0.15) is 0 Å². The lowest BCUT2D eigenvalue weighted by atomic mass is 10.1. The third-order valence-electron chi connectivity index (χ3n) is 4.08. The van der Waals surface area contributed by atoms with E-state index >= 15 is 0 Å². The van der Waals surface area contributed by atoms with Crippen molar-refractivity contribution in [1.82, 2.24) is 15.1 Å². The standard InChI is InChI=1S/C14H23N3O/c1-2-5-13(4-1)17-9-7-12(16-17)11-18-14-6-3-8-15-10-14/h7,9,13-15H,1-6,8,10-11H2/t14-/m0/s1. The zero-order valence-electron chi connectivity index (χ0n) is 11.0. The van der Waals surface area contributed by atoms with E-state index in [1.165, 1.54) is 38.5 Å². The fourth-order valence-electron chi connectivity index (χ4n) is 2.99. The van der Waals surface area contributed by atoms with Crippen LogP contribution in [-0.4, -0.2) is 29.0 Å². The molecule has 100 valence electrons. The van der Waals surface area contributed by atoms with Crippen LogP contribution in [0.1, 0.15) is 50.3 Å². The molecule has 4 nitrogen and oxygen atoms in total. The van der Waals surface area contributed by atoms with Gasteiger partial charge in [-0.25, -0.2) is 0 Å². The van der Waals surface area contributed by atoms with Gasteiger partial charge in [0.2, 0.25) is 0 Å². The first kappa shape index (κ1) is 12.2. The second-order valence-corrected chi connectivity index (χ2v) is 5.50. The van der Waals surface area contributed by atoms with Crippen LogP contribution in [0.2, 0.25) is 0 Å². The summed E-state index contributed by atoms with van der Waals surface area (Å²) in [4.78, 5) is 0. The number of piperidine rings is 1. The molecule has 0 aromatic carbocycles. The molecule has 1 aromatic rings. The molecule has 0 spiro atoms. The van der Waals surface area contributed by atoms with Gasteiger partial charge in [0.15, 0.2) is 0 Å². The predicted octanol–water partition coefficient (Wildman–Crippen LogP) is 2.27. The number of rotatable bonds is 4. The Morgan fingerprint density at radius 2 is 2.17 bits per heavy atom. The van der Waals surface area contributed by atoms with Gasteiger partial charge in [-0.2, -0.15) is 5.10 Å². The summed E-state index contributed by atoms with van der Waals surface area (Å²) in [6.45, 7) is 2.78. The maximum Gasteiger partial charge on any atom is 0.0910 e. The van der Waals surface area contributed by atoms with Gasteiger partial charge >= 0.3 is 0 Å². The molecule has 1 saturated heterocycles. The highest BCUT2D eigenvalue weighted by molar-refractivity contribution is 4.99. The lowest BCUT2D eigenvalue weighted by Gasteiger charge is -2.22. The summed E-state index contributed by atoms with van der Waals surface area (Å²) in [7, 11) is 0. The van der Waals surface area contributed by atoms with E-state index in [1.54, 1.807) is 0 Å². The maximum atomic E-state index is 5.91. The van der Waals surface area contributed by atoms with Crippen molar-refractivity contribution in [2.75, 3.05) is 13.1 Å². The molecule has 1 aromatic heterocycles. The monoisotopic (exact) mass is 249 g/mol. The Labute approximate surface area is 109 Å². The van der Waals surface area contributed by atoms with Crippen LogP contribution in [0.5, 0.6) is 0 Å². The van der Waals surface area contributed by atoms with Gasteiger partial charge in [-0.1, -0.05) is 12.8 Å². The molecule has 1 N–H and O–H groups in total. The van der Waals surface area contributed by atoms with E-state index < -0.39 is 0 Å². The summed E-state index contributed by atoms with van der Waals surface area (Å²) in [5, 5.41) is 8.02. The van der Waals surface area contributed by atoms with Gasteiger partial charge in [0.05, 0.1) is 24.4 Å². The fourth-order valence-corrected chi connectivity index (χ4v) is 2.99. The van der Waals surface area contributed by atoms with Crippen LogP contribution >= 0.6 is 0 Å². The third kappa shape index (κ3) is 2.93. The summed E-state index contributed by atoms with van der Waals surface area (Å²) in [5.41, 5.74) is 1.08. The topological polar surface area (TPSA) is 39.1 Å². The van der Waals surface area contributed by atoms with Crippen molar-refractivity contribution in [2.45, 2.75) is 57.3 Å². The van der Waals surface area contributed by atoms with E-state index in [0.717, 1.165) is 18.8 Å². The molecule has 0 bridgehead atoms. The second-order valence-electron chi connectivity index (χ2n) is 5.50. The SMILES string of the molecule is c1cn(C2CCCC2)nc1CO[C@H]1CCCNC1. The predicted molar refractivity (Wildman–Crippen MR) is 70.4 cm³/mol. The molecule has 0 unspecified atom stereocenters. The van der Waals surface area contributed by atoms with Gasteiger partial charge in [0.25, 0.3) is 0 Å². The van der Waals surface area contributed by atoms with E-state index in [9.17, 15) is 0 Å². The van der Waals surface area contributed by atoms with Crippen LogP contribution in [0.3, 0.4) is 0 Å². The van der Waals surface area contributed by atoms with E-state index in [2.05, 4.69) is 27.4 Å². The molecule has 0 radical (unpaired) electrons. The number of hydrogen-bond donors (Lipinski definition) is 1. The Bertz CT molecular complexity index is 365. The van der Waals surface area contributed by atoms with Crippen molar-refractivity contribution in [2.24, 2.45) is 0 Å². The molecule has 2 fully saturated rings. The normalized spacial score (nSPS) is 25.7. The minimum absolute atomic E-state index is 0.371. The highest BCUT2D eigenvalue weighted by Crippen LogP contribution is 2.28. The smallest absolute Gasteiger partial charge is 0.0910 e. The van der Waals surface area contributed by atoms with Crippen LogP contribution in [0.4, 0.5) is 0 Å². The van der Waals surface area contributed by atoms with E-state index in [-0.39, 0.29) is 0 Å². The molecular formula is C14H23N3O. The summed E-state index contributed by atoms with van der Waals surface area (Å²) >= 11 is 0. The quantitative estimate of drug-likeness (QED) is 0.889. The largest absolute Gasteiger partial charge is 0.371 e. The second kappa shape index (κ2) is 5.85. The van der Waals surface area contributed by atoms with Gasteiger partial charge in [-0.05, 0) is 38.3 Å². The highest BCUT2D eigenvalue weighted by atomic mass is 16.5. The molecule has 0 amide bonds. The first-order chi connectivity index (χ1) is 8.92. The average Bonchev–Trinajstić information content (AvgIpc) is 3.08. The average molecular weight is 249 g/mol. The van der Waals surface area contributed by atoms with Gasteiger partial charge in [0, 0.05) is 12.7 Å². The number of aromatic nitrogens is 2. The zero-order chi connectivity index (χ0) is 12.2. The van der Waals surface area contributed by atoms with Crippen LogP contribution in [0.25, 0.3) is 0 Å². The van der Waals surface area contributed by atoms with Crippen LogP contribution in [0, 0.1) is 0 Å². The summed E-state index contributed by atoms with van der Waals surface area (Å²) in [6.07, 6.45) is 10.2. The number of ether oxygens (including phenoxy) is 1. The lowest BCUT2D eigenvalue weighted by Crippen LogP contribution is -2.35. The number of nitrogens with one attached hydrogen (secondary N) is 1. The molecule has 2 aliphatic rings. The highest BCUT2D eigenvalue weighted by Gasteiger charge is 2.18. The van der Waals surface area contributed by atoms with Gasteiger partial charge in [-0.15, -0.1) is 0 Å². The van der Waals surface area contributed by atoms with Crippen molar-refractivity contribution in [3.05, 3.63) is 18.0 Å². The van der Waals surface area contributed by atoms with Crippen molar-refractivity contribution in [3.8, 4) is 0 Å². The minimum atomic E-state index is 0.371. The zero-order valence-corrected chi connectivity index (χ0v) is 11.0. The molecule has 1 saturated carbocycles. The van der Waals surface area contributed by atoms with Crippen molar-refractivity contribution < 1.29 is 4.74 Å². The van der Waals surface area contributed by atoms with Crippen LogP contribution in [0.15, 0.2) is 12.3 Å². The van der Waals surface area contributed by atoms with Crippen molar-refractivity contribution in [1.29, 1.82) is 0 Å². The Kier molecular flexibility index (Phi) is 3.96. The summed E-state index contributed by atoms with van der Waals surface area (Å²) in [5.74, 6) is 0. The lowest BCUT2D eigenvalue weighted by molar-refractivity contribution is 0.0233. The van der Waals surface area contributed by atoms with Crippen LogP contribution in [-0.2, 0) is 11.3 Å². The molecular weight excluding hydrogens is 226 g/mol. The molecule has 4 heteroatoms. The number of hydrogen-bond acceptors (Lipinski definition) is 3. The molecule has 3 rings (SSSR count). The maximum absolute atomic E-state index is 5.91. The van der Waals surface area contributed by atoms with Crippen molar-refractivity contribution in [3.63, 3.8) is 0 Å². The third-order valence-corrected chi connectivity index (χ3v) is 4.08. The Balaban J connectivity index is 1.50. The Morgan fingerprint density at radius 1 is 1.28 bits per heavy atom. The fraction of sp³-hybridized carbons (Fsp3) is 0.786. The Hall–Kier alpha value is -0.870. The van der Waals surface area contributed by atoms with Gasteiger partial charge in [-0.3, -0.25) is 4.68 Å². The molecule has 1 aliphatic carbocycles. The molecule has 1 aliphatic heterocycles.